The Bertz CT molecular complexity index is 366. The maximum atomic E-state index is 12.8. The number of allylic oxidation sites excluding steroid dienone is 1. The second-order valence-corrected chi connectivity index (χ2v) is 3.06. The fourth-order valence-corrected chi connectivity index (χ4v) is 1.10. The zero-order chi connectivity index (χ0) is 9.68. The first-order valence-electron chi connectivity index (χ1n) is 3.70. The summed E-state index contributed by atoms with van der Waals surface area (Å²) in [6.07, 6.45) is 3.71. The van der Waals surface area contributed by atoms with E-state index in [-0.39, 0.29) is 5.56 Å². The first-order valence-corrected chi connectivity index (χ1v) is 4.82. The Morgan fingerprint density at radius 1 is 1.54 bits per heavy atom. The van der Waals surface area contributed by atoms with E-state index in [0.29, 0.717) is 0 Å². The number of hydrogen-bond acceptors (Lipinski definition) is 1. The van der Waals surface area contributed by atoms with E-state index in [0.717, 1.165) is 10.9 Å². The summed E-state index contributed by atoms with van der Waals surface area (Å²) < 4.78 is 12.8. The molecule has 0 aliphatic carbocycles. The summed E-state index contributed by atoms with van der Waals surface area (Å²) in [5.41, 5.74) is 0.911. The largest absolute Gasteiger partial charge is 0.206 e. The van der Waals surface area contributed by atoms with Gasteiger partial charge in [0, 0.05) is 5.33 Å². The summed E-state index contributed by atoms with van der Waals surface area (Å²) in [6, 6.07) is 6.25. The topological polar surface area (TPSA) is 23.8 Å². The van der Waals surface area contributed by atoms with Crippen LogP contribution in [0, 0.1) is 17.1 Å². The highest BCUT2D eigenvalue weighted by Gasteiger charge is 1.99. The molecular weight excluding hydrogens is 233 g/mol. The van der Waals surface area contributed by atoms with E-state index >= 15 is 0 Å². The fraction of sp³-hybridized carbons (Fsp3) is 0.100. The van der Waals surface area contributed by atoms with Crippen LogP contribution >= 0.6 is 15.9 Å². The number of hydrogen-bond donors (Lipinski definition) is 0. The van der Waals surface area contributed by atoms with Crippen LogP contribution in [0.25, 0.3) is 6.08 Å². The summed E-state index contributed by atoms with van der Waals surface area (Å²) >= 11 is 3.23. The second-order valence-electron chi connectivity index (χ2n) is 2.41. The van der Waals surface area contributed by atoms with Crippen LogP contribution in [0.4, 0.5) is 4.39 Å². The van der Waals surface area contributed by atoms with Crippen LogP contribution in [0.3, 0.4) is 0 Å². The third-order valence-corrected chi connectivity index (χ3v) is 1.88. The van der Waals surface area contributed by atoms with E-state index in [1.54, 1.807) is 12.1 Å². The summed E-state index contributed by atoms with van der Waals surface area (Å²) in [5.74, 6) is -0.474. The molecule has 0 spiro atoms. The minimum absolute atomic E-state index is 0.0803. The molecule has 0 atom stereocenters. The first kappa shape index (κ1) is 9.94. The molecule has 0 saturated carbocycles. The van der Waals surface area contributed by atoms with Gasteiger partial charge in [-0.25, -0.2) is 4.39 Å². The van der Waals surface area contributed by atoms with Gasteiger partial charge in [0.2, 0.25) is 0 Å². The molecule has 0 saturated heterocycles. The Balaban J connectivity index is 3.01. The van der Waals surface area contributed by atoms with Crippen molar-refractivity contribution in [2.24, 2.45) is 0 Å². The number of benzene rings is 1. The molecular formula is C10H7BrFN. The molecule has 1 rings (SSSR count). The maximum Gasteiger partial charge on any atom is 0.140 e. The Morgan fingerprint density at radius 3 is 2.92 bits per heavy atom. The normalized spacial score (nSPS) is 10.2. The number of alkyl halides is 1. The van der Waals surface area contributed by atoms with Gasteiger partial charge in [0.05, 0.1) is 5.56 Å². The Kier molecular flexibility index (Phi) is 3.66. The van der Waals surface area contributed by atoms with Gasteiger partial charge in [-0.3, -0.25) is 0 Å². The average molecular weight is 240 g/mol. The van der Waals surface area contributed by atoms with E-state index < -0.39 is 5.82 Å². The van der Waals surface area contributed by atoms with Crippen molar-refractivity contribution in [2.45, 2.75) is 0 Å². The van der Waals surface area contributed by atoms with Crippen LogP contribution < -0.4 is 0 Å². The van der Waals surface area contributed by atoms with Gasteiger partial charge in [-0.05, 0) is 17.7 Å². The lowest BCUT2D eigenvalue weighted by Gasteiger charge is -1.95. The van der Waals surface area contributed by atoms with Crippen molar-refractivity contribution in [3.8, 4) is 6.07 Å². The molecule has 0 aliphatic rings. The molecule has 13 heavy (non-hydrogen) atoms. The molecule has 0 heterocycles. The molecule has 1 nitrogen and oxygen atoms in total. The van der Waals surface area contributed by atoms with Crippen LogP contribution in [0.15, 0.2) is 24.3 Å². The van der Waals surface area contributed by atoms with Crippen molar-refractivity contribution >= 4 is 22.0 Å². The lowest BCUT2D eigenvalue weighted by atomic mass is 10.1. The number of rotatable bonds is 2. The molecule has 0 N–H and O–H groups in total. The van der Waals surface area contributed by atoms with Crippen LogP contribution in [0.2, 0.25) is 0 Å². The number of halogens is 2. The van der Waals surface area contributed by atoms with E-state index in [1.165, 1.54) is 12.1 Å². The molecule has 0 unspecified atom stereocenters. The van der Waals surface area contributed by atoms with Crippen molar-refractivity contribution in [3.05, 3.63) is 41.2 Å². The van der Waals surface area contributed by atoms with E-state index in [4.69, 9.17) is 5.26 Å². The smallest absolute Gasteiger partial charge is 0.140 e. The number of nitrogens with zero attached hydrogens (tertiary/aromatic N) is 1. The van der Waals surface area contributed by atoms with Crippen LogP contribution in [-0.4, -0.2) is 5.33 Å². The van der Waals surface area contributed by atoms with E-state index in [1.807, 2.05) is 12.2 Å². The summed E-state index contributed by atoms with van der Waals surface area (Å²) in [6.45, 7) is 0. The molecule has 0 aliphatic heterocycles. The van der Waals surface area contributed by atoms with Gasteiger partial charge in [-0.1, -0.05) is 34.1 Å². The molecule has 0 fully saturated rings. The SMILES string of the molecule is N#Cc1cc(C=CCBr)ccc1F. The van der Waals surface area contributed by atoms with Gasteiger partial charge in [0.15, 0.2) is 0 Å². The summed E-state index contributed by atoms with van der Waals surface area (Å²) in [4.78, 5) is 0. The van der Waals surface area contributed by atoms with Gasteiger partial charge in [0.1, 0.15) is 11.9 Å². The van der Waals surface area contributed by atoms with Crippen molar-refractivity contribution < 1.29 is 4.39 Å². The van der Waals surface area contributed by atoms with Gasteiger partial charge in [-0.15, -0.1) is 0 Å². The van der Waals surface area contributed by atoms with Crippen LogP contribution in [0.5, 0.6) is 0 Å². The van der Waals surface area contributed by atoms with Gasteiger partial charge < -0.3 is 0 Å². The first-order chi connectivity index (χ1) is 6.27. The maximum absolute atomic E-state index is 12.8. The molecule has 0 radical (unpaired) electrons. The Morgan fingerprint density at radius 2 is 2.31 bits per heavy atom. The molecule has 0 amide bonds. The van der Waals surface area contributed by atoms with Crippen molar-refractivity contribution in [2.75, 3.05) is 5.33 Å². The second kappa shape index (κ2) is 4.78. The van der Waals surface area contributed by atoms with Gasteiger partial charge in [0.25, 0.3) is 0 Å². The summed E-state index contributed by atoms with van der Waals surface area (Å²) in [7, 11) is 0. The molecule has 0 aromatic heterocycles. The fourth-order valence-electron chi connectivity index (χ4n) is 0.913. The molecule has 1 aromatic carbocycles. The van der Waals surface area contributed by atoms with Crippen molar-refractivity contribution in [3.63, 3.8) is 0 Å². The quantitative estimate of drug-likeness (QED) is 0.728. The minimum atomic E-state index is -0.474. The molecule has 1 aromatic rings. The van der Waals surface area contributed by atoms with E-state index in [9.17, 15) is 4.39 Å². The molecule has 66 valence electrons. The third kappa shape index (κ3) is 2.67. The highest BCUT2D eigenvalue weighted by atomic mass is 79.9. The van der Waals surface area contributed by atoms with Crippen molar-refractivity contribution in [1.29, 1.82) is 5.26 Å². The molecule has 3 heteroatoms. The Labute approximate surface area is 84.6 Å². The van der Waals surface area contributed by atoms with Gasteiger partial charge >= 0.3 is 0 Å². The van der Waals surface area contributed by atoms with Crippen molar-refractivity contribution in [1.82, 2.24) is 0 Å². The van der Waals surface area contributed by atoms with E-state index in [2.05, 4.69) is 15.9 Å². The average Bonchev–Trinajstić information content (AvgIpc) is 2.16. The van der Waals surface area contributed by atoms with Crippen LogP contribution in [-0.2, 0) is 0 Å². The predicted octanol–water partition coefficient (Wildman–Crippen LogP) is 3.11. The highest BCUT2D eigenvalue weighted by Crippen LogP contribution is 2.10. The molecule has 0 bridgehead atoms. The minimum Gasteiger partial charge on any atom is -0.206 e. The monoisotopic (exact) mass is 239 g/mol. The summed E-state index contributed by atoms with van der Waals surface area (Å²) in [5, 5.41) is 9.29. The highest BCUT2D eigenvalue weighted by molar-refractivity contribution is 9.09. The third-order valence-electron chi connectivity index (χ3n) is 1.51. The zero-order valence-corrected chi connectivity index (χ0v) is 8.38. The Hall–Kier alpha value is -1.14. The zero-order valence-electron chi connectivity index (χ0n) is 6.80. The lowest BCUT2D eigenvalue weighted by Crippen LogP contribution is -1.83. The van der Waals surface area contributed by atoms with Crippen LogP contribution in [0.1, 0.15) is 11.1 Å². The van der Waals surface area contributed by atoms with Gasteiger partial charge in [-0.2, -0.15) is 5.26 Å². The predicted molar refractivity (Wildman–Crippen MR) is 53.9 cm³/mol. The number of nitriles is 1. The standard InChI is InChI=1S/C10H7BrFN/c11-5-1-2-8-3-4-10(12)9(6-8)7-13/h1-4,6H,5H2. The lowest BCUT2D eigenvalue weighted by molar-refractivity contribution is 0.624.